The fourth-order valence-corrected chi connectivity index (χ4v) is 3.26. The minimum atomic E-state index is -0.567. The van der Waals surface area contributed by atoms with Gasteiger partial charge in [-0.25, -0.2) is 0 Å². The second-order valence-electron chi connectivity index (χ2n) is 6.08. The van der Waals surface area contributed by atoms with Crippen LogP contribution in [0.2, 0.25) is 0 Å². The molecule has 0 radical (unpaired) electrons. The summed E-state index contributed by atoms with van der Waals surface area (Å²) in [6.45, 7) is 5.63. The highest BCUT2D eigenvalue weighted by atomic mass is 15.1. The SMILES string of the molecule is CCC1CCN(CCC(C#N)(NC)c2ccccc2)CC1. The molecule has 1 heterocycles. The lowest BCUT2D eigenvalue weighted by atomic mass is 9.87. The molecule has 1 aromatic rings. The first kappa shape index (κ1) is 16.0. The summed E-state index contributed by atoms with van der Waals surface area (Å²) in [4.78, 5) is 2.51. The van der Waals surface area contributed by atoms with E-state index in [0.29, 0.717) is 0 Å². The Hall–Kier alpha value is -1.37. The number of nitriles is 1. The van der Waals surface area contributed by atoms with E-state index in [9.17, 15) is 5.26 Å². The summed E-state index contributed by atoms with van der Waals surface area (Å²) in [6.07, 6.45) is 4.75. The van der Waals surface area contributed by atoms with E-state index in [1.165, 1.54) is 32.4 Å². The highest BCUT2D eigenvalue weighted by Crippen LogP contribution is 2.26. The van der Waals surface area contributed by atoms with Crippen LogP contribution in [0.1, 0.15) is 38.2 Å². The number of nitrogens with zero attached hydrogens (tertiary/aromatic N) is 2. The fourth-order valence-electron chi connectivity index (χ4n) is 3.26. The standard InChI is InChI=1S/C18H27N3/c1-3-16-9-12-21(13-10-16)14-11-18(15-19,20-2)17-7-5-4-6-8-17/h4-8,16,20H,3,9-14H2,1-2H3. The first-order chi connectivity index (χ1) is 10.2. The lowest BCUT2D eigenvalue weighted by Gasteiger charge is -2.34. The van der Waals surface area contributed by atoms with Crippen LogP contribution >= 0.6 is 0 Å². The van der Waals surface area contributed by atoms with Crippen LogP contribution in [0.25, 0.3) is 0 Å². The average Bonchev–Trinajstić information content (AvgIpc) is 2.58. The summed E-state index contributed by atoms with van der Waals surface area (Å²) in [5.74, 6) is 0.903. The molecule has 1 aromatic carbocycles. The summed E-state index contributed by atoms with van der Waals surface area (Å²) in [6, 6.07) is 12.6. The summed E-state index contributed by atoms with van der Waals surface area (Å²) in [7, 11) is 1.89. The molecule has 1 aliphatic rings. The number of piperidine rings is 1. The average molecular weight is 285 g/mol. The molecule has 0 spiro atoms. The summed E-state index contributed by atoms with van der Waals surface area (Å²) in [5, 5.41) is 13.0. The third kappa shape index (κ3) is 3.84. The van der Waals surface area contributed by atoms with Gasteiger partial charge in [-0.05, 0) is 50.9 Å². The van der Waals surface area contributed by atoms with Gasteiger partial charge in [0.05, 0.1) is 6.07 Å². The number of nitrogens with one attached hydrogen (secondary N) is 1. The molecule has 0 aromatic heterocycles. The molecule has 0 amide bonds. The summed E-state index contributed by atoms with van der Waals surface area (Å²) < 4.78 is 0. The van der Waals surface area contributed by atoms with Gasteiger partial charge < -0.3 is 4.90 Å². The molecule has 1 aliphatic heterocycles. The normalized spacial score (nSPS) is 19.9. The summed E-state index contributed by atoms with van der Waals surface area (Å²) >= 11 is 0. The number of hydrogen-bond acceptors (Lipinski definition) is 3. The van der Waals surface area contributed by atoms with Gasteiger partial charge in [-0.15, -0.1) is 0 Å². The van der Waals surface area contributed by atoms with E-state index in [1.54, 1.807) is 0 Å². The lowest BCUT2D eigenvalue weighted by Crippen LogP contribution is -2.43. The van der Waals surface area contributed by atoms with Crippen molar-refractivity contribution < 1.29 is 0 Å². The van der Waals surface area contributed by atoms with Gasteiger partial charge in [-0.2, -0.15) is 5.26 Å². The molecule has 3 nitrogen and oxygen atoms in total. The maximum atomic E-state index is 9.71. The predicted octanol–water partition coefficient (Wildman–Crippen LogP) is 3.14. The van der Waals surface area contributed by atoms with Gasteiger partial charge in [0.1, 0.15) is 5.54 Å². The Morgan fingerprint density at radius 3 is 2.48 bits per heavy atom. The molecule has 1 unspecified atom stereocenters. The first-order valence-electron chi connectivity index (χ1n) is 8.12. The van der Waals surface area contributed by atoms with E-state index >= 15 is 0 Å². The third-order valence-electron chi connectivity index (χ3n) is 4.97. The smallest absolute Gasteiger partial charge is 0.133 e. The molecular weight excluding hydrogens is 258 g/mol. The maximum Gasteiger partial charge on any atom is 0.133 e. The second kappa shape index (κ2) is 7.59. The highest BCUT2D eigenvalue weighted by Gasteiger charge is 2.31. The van der Waals surface area contributed by atoms with Crippen LogP contribution in [-0.2, 0) is 5.54 Å². The van der Waals surface area contributed by atoms with Crippen molar-refractivity contribution in [3.05, 3.63) is 35.9 Å². The lowest BCUT2D eigenvalue weighted by molar-refractivity contribution is 0.169. The van der Waals surface area contributed by atoms with Gasteiger partial charge in [0.15, 0.2) is 0 Å². The number of likely N-dealkylation sites (tertiary alicyclic amines) is 1. The molecular formula is C18H27N3. The Balaban J connectivity index is 1.97. The number of benzene rings is 1. The van der Waals surface area contributed by atoms with Crippen LogP contribution in [0.3, 0.4) is 0 Å². The van der Waals surface area contributed by atoms with E-state index in [-0.39, 0.29) is 0 Å². The van der Waals surface area contributed by atoms with Crippen LogP contribution in [0.4, 0.5) is 0 Å². The predicted molar refractivity (Wildman–Crippen MR) is 86.9 cm³/mol. The molecule has 114 valence electrons. The molecule has 1 atom stereocenters. The van der Waals surface area contributed by atoms with Gasteiger partial charge in [-0.1, -0.05) is 43.7 Å². The maximum absolute atomic E-state index is 9.71. The van der Waals surface area contributed by atoms with Crippen molar-refractivity contribution in [3.63, 3.8) is 0 Å². The second-order valence-corrected chi connectivity index (χ2v) is 6.08. The van der Waals surface area contributed by atoms with Gasteiger partial charge in [0.25, 0.3) is 0 Å². The van der Waals surface area contributed by atoms with Gasteiger partial charge in [0.2, 0.25) is 0 Å². The fraction of sp³-hybridized carbons (Fsp3) is 0.611. The van der Waals surface area contributed by atoms with Gasteiger partial charge in [0, 0.05) is 6.54 Å². The van der Waals surface area contributed by atoms with Gasteiger partial charge in [-0.3, -0.25) is 5.32 Å². The van der Waals surface area contributed by atoms with Gasteiger partial charge >= 0.3 is 0 Å². The van der Waals surface area contributed by atoms with Crippen LogP contribution in [-0.4, -0.2) is 31.6 Å². The van der Waals surface area contributed by atoms with Crippen molar-refractivity contribution >= 4 is 0 Å². The van der Waals surface area contributed by atoms with E-state index in [1.807, 2.05) is 37.4 Å². The van der Waals surface area contributed by atoms with Crippen molar-refractivity contribution in [3.8, 4) is 6.07 Å². The minimum absolute atomic E-state index is 0.567. The molecule has 0 saturated carbocycles. The largest absolute Gasteiger partial charge is 0.303 e. The Bertz CT molecular complexity index is 457. The Kier molecular flexibility index (Phi) is 5.78. The molecule has 0 aliphatic carbocycles. The topological polar surface area (TPSA) is 39.1 Å². The Morgan fingerprint density at radius 2 is 1.95 bits per heavy atom. The molecule has 2 rings (SSSR count). The van der Waals surface area contributed by atoms with Crippen LogP contribution in [0, 0.1) is 17.2 Å². The Labute approximate surface area is 129 Å². The monoisotopic (exact) mass is 285 g/mol. The zero-order valence-corrected chi connectivity index (χ0v) is 13.3. The van der Waals surface area contributed by atoms with E-state index in [4.69, 9.17) is 0 Å². The zero-order valence-electron chi connectivity index (χ0n) is 13.3. The van der Waals surface area contributed by atoms with Crippen molar-refractivity contribution in [1.29, 1.82) is 5.26 Å². The van der Waals surface area contributed by atoms with E-state index in [2.05, 4.69) is 23.2 Å². The molecule has 21 heavy (non-hydrogen) atoms. The van der Waals surface area contributed by atoms with E-state index in [0.717, 1.165) is 24.4 Å². The first-order valence-corrected chi connectivity index (χ1v) is 8.12. The van der Waals surface area contributed by atoms with Crippen molar-refractivity contribution in [2.75, 3.05) is 26.7 Å². The van der Waals surface area contributed by atoms with Crippen LogP contribution in [0.15, 0.2) is 30.3 Å². The quantitative estimate of drug-likeness (QED) is 0.872. The van der Waals surface area contributed by atoms with Crippen LogP contribution in [0.5, 0.6) is 0 Å². The van der Waals surface area contributed by atoms with Crippen molar-refractivity contribution in [1.82, 2.24) is 10.2 Å². The Morgan fingerprint density at radius 1 is 1.29 bits per heavy atom. The molecule has 1 saturated heterocycles. The number of hydrogen-bond donors (Lipinski definition) is 1. The summed E-state index contributed by atoms with van der Waals surface area (Å²) in [5.41, 5.74) is 0.501. The molecule has 3 heteroatoms. The molecule has 1 N–H and O–H groups in total. The molecule has 0 bridgehead atoms. The van der Waals surface area contributed by atoms with E-state index < -0.39 is 5.54 Å². The third-order valence-corrected chi connectivity index (χ3v) is 4.97. The highest BCUT2D eigenvalue weighted by molar-refractivity contribution is 5.31. The minimum Gasteiger partial charge on any atom is -0.303 e. The van der Waals surface area contributed by atoms with Crippen molar-refractivity contribution in [2.45, 2.75) is 38.1 Å². The molecule has 1 fully saturated rings. The number of rotatable bonds is 6. The zero-order chi connectivity index (χ0) is 15.1. The van der Waals surface area contributed by atoms with Crippen molar-refractivity contribution in [2.24, 2.45) is 5.92 Å². The van der Waals surface area contributed by atoms with Crippen LogP contribution < -0.4 is 5.32 Å².